The number of amidine groups is 1. The molecule has 1 heterocycles. The van der Waals surface area contributed by atoms with Crippen LogP contribution >= 0.6 is 11.8 Å². The molecule has 0 unspecified atom stereocenters. The van der Waals surface area contributed by atoms with Crippen molar-refractivity contribution in [1.29, 1.82) is 0 Å². The Morgan fingerprint density at radius 2 is 2.42 bits per heavy atom. The lowest BCUT2D eigenvalue weighted by Crippen LogP contribution is -2.04. The number of hydrogen-bond acceptors (Lipinski definition) is 3. The van der Waals surface area contributed by atoms with Crippen molar-refractivity contribution in [3.05, 3.63) is 0 Å². The number of thioether (sulfide) groups is 1. The lowest BCUT2D eigenvalue weighted by atomic mass is 10.3. The molecule has 0 saturated carbocycles. The second kappa shape index (κ2) is 4.25. The van der Waals surface area contributed by atoms with Crippen LogP contribution in [-0.2, 0) is 4.79 Å². The maximum atomic E-state index is 11.0. The van der Waals surface area contributed by atoms with Gasteiger partial charge < -0.3 is 0 Å². The van der Waals surface area contributed by atoms with E-state index >= 15 is 0 Å². The van der Waals surface area contributed by atoms with Gasteiger partial charge in [-0.05, 0) is 25.1 Å². The van der Waals surface area contributed by atoms with E-state index in [1.54, 1.807) is 0 Å². The molecular weight excluding hydrogens is 174 g/mol. The predicted molar refractivity (Wildman–Crippen MR) is 50.2 cm³/mol. The maximum absolute atomic E-state index is 11.0. The summed E-state index contributed by atoms with van der Waals surface area (Å²) < 4.78 is 0. The van der Waals surface area contributed by atoms with Crippen molar-refractivity contribution in [3.8, 4) is 0 Å². The van der Waals surface area contributed by atoms with Gasteiger partial charge in [-0.3, -0.25) is 4.79 Å². The third-order valence-corrected chi connectivity index (χ3v) is 1.93. The fourth-order valence-corrected chi connectivity index (χ4v) is 1.28. The zero-order valence-corrected chi connectivity index (χ0v) is 7.89. The van der Waals surface area contributed by atoms with Crippen LogP contribution < -0.4 is 5.43 Å². The molecule has 1 aliphatic rings. The van der Waals surface area contributed by atoms with Crippen molar-refractivity contribution in [1.82, 2.24) is 5.43 Å². The molecule has 0 aromatic heterocycles. The van der Waals surface area contributed by atoms with Crippen molar-refractivity contribution in [2.45, 2.75) is 26.7 Å². The topological polar surface area (TPSA) is 55.9 Å². The summed E-state index contributed by atoms with van der Waals surface area (Å²) >= 11 is 1.33. The first-order valence-electron chi connectivity index (χ1n) is 3.77. The van der Waals surface area contributed by atoms with Crippen molar-refractivity contribution >= 4 is 27.9 Å². The van der Waals surface area contributed by atoms with Crippen LogP contribution in [0, 0.1) is 0 Å². The van der Waals surface area contributed by atoms with Crippen LogP contribution in [0.2, 0.25) is 0 Å². The van der Waals surface area contributed by atoms with Gasteiger partial charge in [0.2, 0.25) is 11.1 Å². The summed E-state index contributed by atoms with van der Waals surface area (Å²) in [6.45, 7) is 3.78. The maximum Gasteiger partial charge on any atom is 0.248 e. The standard InChI is InChI=1S/C7H10N3OS/c1-3-4-6(11)8-7-10-9-5(2)12-7/h3-4H2,1-2H3. The summed E-state index contributed by atoms with van der Waals surface area (Å²) in [7, 11) is 0. The summed E-state index contributed by atoms with van der Waals surface area (Å²) in [4.78, 5) is 14.8. The summed E-state index contributed by atoms with van der Waals surface area (Å²) in [5.74, 6) is -0.117. The van der Waals surface area contributed by atoms with E-state index < -0.39 is 0 Å². The highest BCUT2D eigenvalue weighted by molar-refractivity contribution is 8.26. The monoisotopic (exact) mass is 184 g/mol. The van der Waals surface area contributed by atoms with Crippen LogP contribution in [0.25, 0.3) is 0 Å². The van der Waals surface area contributed by atoms with Crippen LogP contribution in [0.4, 0.5) is 0 Å². The van der Waals surface area contributed by atoms with E-state index in [-0.39, 0.29) is 5.91 Å². The van der Waals surface area contributed by atoms with E-state index in [0.717, 1.165) is 11.5 Å². The molecule has 0 atom stereocenters. The molecule has 0 N–H and O–H groups in total. The van der Waals surface area contributed by atoms with Crippen LogP contribution in [0.5, 0.6) is 0 Å². The molecule has 65 valence electrons. The minimum atomic E-state index is -0.117. The lowest BCUT2D eigenvalue weighted by Gasteiger charge is -1.91. The van der Waals surface area contributed by atoms with Crippen molar-refractivity contribution in [2.24, 2.45) is 10.1 Å². The third kappa shape index (κ3) is 2.65. The van der Waals surface area contributed by atoms with Crippen molar-refractivity contribution in [2.75, 3.05) is 0 Å². The number of amides is 1. The highest BCUT2D eigenvalue weighted by Crippen LogP contribution is 2.12. The smallest absolute Gasteiger partial charge is 0.248 e. The Labute approximate surface area is 75.5 Å². The fourth-order valence-electron chi connectivity index (χ4n) is 0.708. The molecule has 0 saturated heterocycles. The Morgan fingerprint density at radius 1 is 1.67 bits per heavy atom. The third-order valence-electron chi connectivity index (χ3n) is 1.20. The van der Waals surface area contributed by atoms with E-state index in [4.69, 9.17) is 0 Å². The van der Waals surface area contributed by atoms with E-state index in [9.17, 15) is 4.79 Å². The molecule has 1 rings (SSSR count). The second-order valence-electron chi connectivity index (χ2n) is 2.36. The highest BCUT2D eigenvalue weighted by atomic mass is 32.2. The SMILES string of the molecule is CCCC(=O)N=C1[N]N=C(C)S1. The Hall–Kier alpha value is -0.840. The minimum absolute atomic E-state index is 0.117. The molecule has 1 amide bonds. The first-order chi connectivity index (χ1) is 5.72. The van der Waals surface area contributed by atoms with E-state index in [1.165, 1.54) is 11.8 Å². The van der Waals surface area contributed by atoms with Gasteiger partial charge in [0, 0.05) is 6.42 Å². The Morgan fingerprint density at radius 3 is 2.92 bits per heavy atom. The molecule has 1 radical (unpaired) electrons. The molecule has 12 heavy (non-hydrogen) atoms. The highest BCUT2D eigenvalue weighted by Gasteiger charge is 2.13. The normalized spacial score (nSPS) is 19.2. The van der Waals surface area contributed by atoms with Gasteiger partial charge in [0.05, 0.1) is 0 Å². The lowest BCUT2D eigenvalue weighted by molar-refractivity contribution is -0.117. The van der Waals surface area contributed by atoms with Crippen LogP contribution in [0.3, 0.4) is 0 Å². The zero-order chi connectivity index (χ0) is 8.97. The number of rotatable bonds is 2. The van der Waals surface area contributed by atoms with Crippen molar-refractivity contribution in [3.63, 3.8) is 0 Å². The van der Waals surface area contributed by atoms with Gasteiger partial charge in [-0.15, -0.1) is 10.5 Å². The molecule has 0 bridgehead atoms. The molecule has 4 nitrogen and oxygen atoms in total. The Kier molecular flexibility index (Phi) is 3.28. The Bertz CT molecular complexity index is 247. The number of carbonyl (C=O) groups is 1. The summed E-state index contributed by atoms with van der Waals surface area (Å²) in [6, 6.07) is 0. The summed E-state index contributed by atoms with van der Waals surface area (Å²) in [5.41, 5.74) is 3.72. The van der Waals surface area contributed by atoms with E-state index in [2.05, 4.69) is 15.5 Å². The van der Waals surface area contributed by atoms with Gasteiger partial charge in [-0.2, -0.15) is 4.99 Å². The van der Waals surface area contributed by atoms with Gasteiger partial charge in [-0.1, -0.05) is 6.92 Å². The van der Waals surface area contributed by atoms with Crippen LogP contribution in [0.1, 0.15) is 26.7 Å². The van der Waals surface area contributed by atoms with Gasteiger partial charge in [-0.25, -0.2) is 0 Å². The number of aliphatic imine (C=N–C) groups is 1. The number of hydrogen-bond donors (Lipinski definition) is 0. The predicted octanol–water partition coefficient (Wildman–Crippen LogP) is 1.35. The average Bonchev–Trinajstić information content (AvgIpc) is 2.36. The number of carbonyl (C=O) groups excluding carboxylic acids is 1. The molecule has 0 spiro atoms. The van der Waals surface area contributed by atoms with Gasteiger partial charge in [0.25, 0.3) is 0 Å². The fraction of sp³-hybridized carbons (Fsp3) is 0.571. The Balaban J connectivity index is 2.44. The zero-order valence-electron chi connectivity index (χ0n) is 7.07. The van der Waals surface area contributed by atoms with Crippen LogP contribution in [-0.4, -0.2) is 16.1 Å². The minimum Gasteiger partial charge on any atom is -0.273 e. The van der Waals surface area contributed by atoms with E-state index in [0.29, 0.717) is 11.6 Å². The van der Waals surface area contributed by atoms with Gasteiger partial charge >= 0.3 is 0 Å². The largest absolute Gasteiger partial charge is 0.273 e. The quantitative estimate of drug-likeness (QED) is 0.650. The average molecular weight is 184 g/mol. The number of nitrogens with zero attached hydrogens (tertiary/aromatic N) is 3. The first kappa shape index (κ1) is 9.25. The van der Waals surface area contributed by atoms with Gasteiger partial charge in [0.1, 0.15) is 5.04 Å². The van der Waals surface area contributed by atoms with Gasteiger partial charge in [0.15, 0.2) is 0 Å². The molecule has 0 aromatic carbocycles. The molecule has 1 aliphatic heterocycles. The molecule has 0 fully saturated rings. The molecular formula is C7H10N3OS. The summed E-state index contributed by atoms with van der Waals surface area (Å²) in [5, 5.41) is 5.05. The second-order valence-corrected chi connectivity index (χ2v) is 3.52. The first-order valence-corrected chi connectivity index (χ1v) is 4.58. The summed E-state index contributed by atoms with van der Waals surface area (Å²) in [6.07, 6.45) is 1.30. The van der Waals surface area contributed by atoms with Crippen molar-refractivity contribution < 1.29 is 4.79 Å². The van der Waals surface area contributed by atoms with Crippen LogP contribution in [0.15, 0.2) is 10.1 Å². The van der Waals surface area contributed by atoms with E-state index in [1.807, 2.05) is 13.8 Å². The molecule has 0 aromatic rings. The molecule has 5 heteroatoms. The molecule has 0 aliphatic carbocycles.